The van der Waals surface area contributed by atoms with Crippen LogP contribution in [-0.4, -0.2) is 33.3 Å². The van der Waals surface area contributed by atoms with E-state index in [0.717, 1.165) is 11.8 Å². The van der Waals surface area contributed by atoms with E-state index in [1.807, 2.05) is 13.0 Å². The van der Waals surface area contributed by atoms with Crippen LogP contribution in [-0.2, 0) is 6.42 Å². The van der Waals surface area contributed by atoms with Crippen LogP contribution in [0.5, 0.6) is 11.5 Å². The van der Waals surface area contributed by atoms with Gasteiger partial charge in [0.2, 0.25) is 0 Å². The molecule has 2 N–H and O–H groups in total. The number of methoxy groups -OCH3 is 2. The van der Waals surface area contributed by atoms with E-state index in [1.54, 1.807) is 32.4 Å². The third-order valence-corrected chi connectivity index (χ3v) is 3.67. The van der Waals surface area contributed by atoms with Gasteiger partial charge in [0.1, 0.15) is 0 Å². The van der Waals surface area contributed by atoms with E-state index in [0.29, 0.717) is 42.5 Å². The van der Waals surface area contributed by atoms with Gasteiger partial charge in [-0.05, 0) is 37.1 Å². The molecule has 2 aromatic carbocycles. The Balaban J connectivity index is 0.00000364. The molecule has 0 fully saturated rings. The van der Waals surface area contributed by atoms with Crippen LogP contribution < -0.4 is 20.1 Å². The molecule has 0 atom stereocenters. The predicted octanol–water partition coefficient (Wildman–Crippen LogP) is 4.22. The third kappa shape index (κ3) is 6.53. The summed E-state index contributed by atoms with van der Waals surface area (Å²) in [5, 5.41) is 6.26. The lowest BCUT2D eigenvalue weighted by Crippen LogP contribution is -2.31. The number of hydrogen-bond donors (Lipinski definition) is 2. The first-order chi connectivity index (χ1) is 12.6. The second kappa shape index (κ2) is 11.6. The van der Waals surface area contributed by atoms with Gasteiger partial charge in [-0.15, -0.1) is 24.0 Å². The van der Waals surface area contributed by atoms with Crippen molar-refractivity contribution in [3.63, 3.8) is 0 Å². The highest BCUT2D eigenvalue weighted by Crippen LogP contribution is 2.29. The van der Waals surface area contributed by atoms with Gasteiger partial charge in [0, 0.05) is 24.8 Å². The molecule has 5 nitrogen and oxygen atoms in total. The van der Waals surface area contributed by atoms with E-state index in [9.17, 15) is 8.78 Å². The molecule has 0 bridgehead atoms. The van der Waals surface area contributed by atoms with Crippen LogP contribution in [0.2, 0.25) is 0 Å². The predicted molar refractivity (Wildman–Crippen MR) is 115 cm³/mol. The maximum Gasteiger partial charge on any atom is 0.195 e. The molecule has 27 heavy (non-hydrogen) atoms. The van der Waals surface area contributed by atoms with Gasteiger partial charge in [-0.1, -0.05) is 12.1 Å². The number of ether oxygens (including phenoxy) is 2. The second-order valence-corrected chi connectivity index (χ2v) is 5.42. The molecule has 0 spiro atoms. The van der Waals surface area contributed by atoms with Gasteiger partial charge in [-0.2, -0.15) is 0 Å². The molecule has 0 aliphatic rings. The van der Waals surface area contributed by atoms with Crippen molar-refractivity contribution >= 4 is 35.6 Å². The fraction of sp³-hybridized carbons (Fsp3) is 0.316. The van der Waals surface area contributed by atoms with Crippen molar-refractivity contribution in [3.8, 4) is 11.5 Å². The topological polar surface area (TPSA) is 54.9 Å². The molecule has 0 saturated heterocycles. The Labute approximate surface area is 175 Å². The summed E-state index contributed by atoms with van der Waals surface area (Å²) < 4.78 is 37.4. The molecule has 0 aromatic heterocycles. The molecule has 148 valence electrons. The lowest BCUT2D eigenvalue weighted by molar-refractivity contribution is 0.355. The Morgan fingerprint density at radius 3 is 2.48 bits per heavy atom. The van der Waals surface area contributed by atoms with Crippen LogP contribution in [0.4, 0.5) is 14.5 Å². The molecule has 0 unspecified atom stereocenters. The Hall–Kier alpha value is -2.10. The first-order valence-electron chi connectivity index (χ1n) is 8.29. The summed E-state index contributed by atoms with van der Waals surface area (Å²) in [5.74, 6) is 0.0932. The Morgan fingerprint density at radius 1 is 1.07 bits per heavy atom. The molecule has 0 amide bonds. The van der Waals surface area contributed by atoms with E-state index in [-0.39, 0.29) is 24.0 Å². The zero-order valence-electron chi connectivity index (χ0n) is 15.5. The standard InChI is InChI=1S/C19H23F2N3O2.HI/c1-4-22-19(23-11-10-13-6-5-7-15(20)18(13)21)24-14-8-9-16(25-2)17(12-14)26-3;/h5-9,12H,4,10-11H2,1-3H3,(H2,22,23,24);1H. The summed E-state index contributed by atoms with van der Waals surface area (Å²) in [4.78, 5) is 4.41. The van der Waals surface area contributed by atoms with Crippen LogP contribution in [0.3, 0.4) is 0 Å². The molecule has 8 heteroatoms. The number of benzene rings is 2. The number of nitrogens with zero attached hydrogens (tertiary/aromatic N) is 1. The van der Waals surface area contributed by atoms with Gasteiger partial charge in [0.15, 0.2) is 29.1 Å². The Kier molecular flexibility index (Phi) is 9.84. The zero-order chi connectivity index (χ0) is 18.9. The molecule has 0 aliphatic heterocycles. The monoisotopic (exact) mass is 491 g/mol. The molecule has 2 aromatic rings. The number of hydrogen-bond acceptors (Lipinski definition) is 3. The Bertz CT molecular complexity index is 773. The van der Waals surface area contributed by atoms with Gasteiger partial charge in [0.05, 0.1) is 14.2 Å². The minimum Gasteiger partial charge on any atom is -0.493 e. The van der Waals surface area contributed by atoms with Crippen LogP contribution in [0.25, 0.3) is 0 Å². The van der Waals surface area contributed by atoms with Crippen molar-refractivity contribution in [1.29, 1.82) is 0 Å². The summed E-state index contributed by atoms with van der Waals surface area (Å²) >= 11 is 0. The highest BCUT2D eigenvalue weighted by Gasteiger charge is 2.08. The van der Waals surface area contributed by atoms with Crippen LogP contribution >= 0.6 is 24.0 Å². The normalized spacial score (nSPS) is 10.8. The van der Waals surface area contributed by atoms with Gasteiger partial charge >= 0.3 is 0 Å². The molecule has 0 radical (unpaired) electrons. The van der Waals surface area contributed by atoms with E-state index < -0.39 is 11.6 Å². The SMILES string of the molecule is CCNC(=NCCc1cccc(F)c1F)Nc1ccc(OC)c(OC)c1.I. The van der Waals surface area contributed by atoms with Crippen molar-refractivity contribution < 1.29 is 18.3 Å². The second-order valence-electron chi connectivity index (χ2n) is 5.42. The van der Waals surface area contributed by atoms with Crippen molar-refractivity contribution in [2.24, 2.45) is 4.99 Å². The minimum atomic E-state index is -0.846. The minimum absolute atomic E-state index is 0. The van der Waals surface area contributed by atoms with E-state index in [2.05, 4.69) is 15.6 Å². The summed E-state index contributed by atoms with van der Waals surface area (Å²) in [6.07, 6.45) is 0.298. The highest BCUT2D eigenvalue weighted by molar-refractivity contribution is 14.0. The number of guanidine groups is 1. The van der Waals surface area contributed by atoms with Crippen molar-refractivity contribution in [2.75, 3.05) is 32.6 Å². The van der Waals surface area contributed by atoms with Crippen molar-refractivity contribution in [1.82, 2.24) is 5.32 Å². The fourth-order valence-electron chi connectivity index (χ4n) is 2.39. The maximum absolute atomic E-state index is 13.7. The number of halogens is 3. The van der Waals surface area contributed by atoms with E-state index in [1.165, 1.54) is 6.07 Å². The largest absolute Gasteiger partial charge is 0.493 e. The number of nitrogens with one attached hydrogen (secondary N) is 2. The molecular weight excluding hydrogens is 467 g/mol. The number of anilines is 1. The first-order valence-corrected chi connectivity index (χ1v) is 8.29. The van der Waals surface area contributed by atoms with Gasteiger partial charge in [-0.25, -0.2) is 8.78 Å². The highest BCUT2D eigenvalue weighted by atomic mass is 127. The molecule has 0 aliphatic carbocycles. The van der Waals surface area contributed by atoms with E-state index >= 15 is 0 Å². The summed E-state index contributed by atoms with van der Waals surface area (Å²) in [6, 6.07) is 9.56. The molecule has 0 heterocycles. The van der Waals surface area contributed by atoms with Gasteiger partial charge in [0.25, 0.3) is 0 Å². The lowest BCUT2D eigenvalue weighted by Gasteiger charge is -2.14. The summed E-state index contributed by atoms with van der Waals surface area (Å²) in [6.45, 7) is 2.91. The van der Waals surface area contributed by atoms with Gasteiger partial charge in [-0.3, -0.25) is 4.99 Å². The molecule has 0 saturated carbocycles. The van der Waals surface area contributed by atoms with Crippen molar-refractivity contribution in [2.45, 2.75) is 13.3 Å². The molecular formula is C19H24F2IN3O2. The maximum atomic E-state index is 13.7. The molecule has 2 rings (SSSR count). The average molecular weight is 491 g/mol. The summed E-state index contributed by atoms with van der Waals surface area (Å²) in [7, 11) is 3.14. The first kappa shape index (κ1) is 22.9. The number of rotatable bonds is 7. The quantitative estimate of drug-likeness (QED) is 0.346. The zero-order valence-corrected chi connectivity index (χ0v) is 17.8. The Morgan fingerprint density at radius 2 is 1.81 bits per heavy atom. The average Bonchev–Trinajstić information content (AvgIpc) is 2.65. The summed E-state index contributed by atoms with van der Waals surface area (Å²) in [5.41, 5.74) is 1.06. The lowest BCUT2D eigenvalue weighted by atomic mass is 10.1. The smallest absolute Gasteiger partial charge is 0.195 e. The van der Waals surface area contributed by atoms with Gasteiger partial charge < -0.3 is 20.1 Å². The van der Waals surface area contributed by atoms with Crippen molar-refractivity contribution in [3.05, 3.63) is 53.6 Å². The fourth-order valence-corrected chi connectivity index (χ4v) is 2.39. The number of aliphatic imine (C=N–C) groups is 1. The van der Waals surface area contributed by atoms with Crippen LogP contribution in [0.15, 0.2) is 41.4 Å². The van der Waals surface area contributed by atoms with Crippen LogP contribution in [0.1, 0.15) is 12.5 Å². The third-order valence-electron chi connectivity index (χ3n) is 3.67. The van der Waals surface area contributed by atoms with E-state index in [4.69, 9.17) is 9.47 Å². The van der Waals surface area contributed by atoms with Crippen LogP contribution in [0, 0.1) is 11.6 Å².